The van der Waals surface area contributed by atoms with Gasteiger partial charge in [-0.05, 0) is 24.3 Å². The maximum Gasteiger partial charge on any atom is 0.317 e. The van der Waals surface area contributed by atoms with Crippen LogP contribution in [-0.2, 0) is 9.59 Å². The first kappa shape index (κ1) is 14.4. The topological polar surface area (TPSA) is 71.4 Å². The predicted octanol–water partition coefficient (Wildman–Crippen LogP) is 2.13. The molecule has 0 amide bonds. The summed E-state index contributed by atoms with van der Waals surface area (Å²) in [6.07, 6.45) is -0.300. The van der Waals surface area contributed by atoms with E-state index in [0.29, 0.717) is 11.8 Å². The van der Waals surface area contributed by atoms with Crippen molar-refractivity contribution in [3.63, 3.8) is 0 Å². The Kier molecular flexibility index (Phi) is 5.03. The van der Waals surface area contributed by atoms with E-state index < -0.39 is 22.8 Å². The Labute approximate surface area is 107 Å². The van der Waals surface area contributed by atoms with Crippen LogP contribution >= 0.6 is 11.8 Å². The molecule has 1 aromatic carbocycles. The average Bonchev–Trinajstić information content (AvgIpc) is 2.28. The number of carbonyl (C=O) groups excluding carboxylic acids is 2. The van der Waals surface area contributed by atoms with Gasteiger partial charge in [-0.25, -0.2) is 4.39 Å². The molecule has 0 aromatic heterocycles. The number of ketones is 1. The van der Waals surface area contributed by atoms with E-state index in [9.17, 15) is 18.8 Å². The van der Waals surface area contributed by atoms with Crippen LogP contribution in [-0.4, -0.2) is 27.2 Å². The highest BCUT2D eigenvalue weighted by Crippen LogP contribution is 2.18. The van der Waals surface area contributed by atoms with E-state index in [-0.39, 0.29) is 17.1 Å². The van der Waals surface area contributed by atoms with Crippen molar-refractivity contribution < 1.29 is 23.9 Å². The number of carboxylic acids is 1. The molecule has 1 unspecified atom stereocenters. The van der Waals surface area contributed by atoms with Gasteiger partial charge in [-0.15, -0.1) is 0 Å². The largest absolute Gasteiger partial charge is 0.480 e. The van der Waals surface area contributed by atoms with Crippen LogP contribution in [0, 0.1) is 5.82 Å². The molecule has 4 nitrogen and oxygen atoms in total. The molecule has 1 aromatic rings. The third kappa shape index (κ3) is 4.29. The van der Waals surface area contributed by atoms with Crippen molar-refractivity contribution >= 4 is 28.6 Å². The predicted molar refractivity (Wildman–Crippen MR) is 65.0 cm³/mol. The molecule has 1 rings (SSSR count). The van der Waals surface area contributed by atoms with Crippen LogP contribution < -0.4 is 0 Å². The van der Waals surface area contributed by atoms with E-state index in [0.717, 1.165) is 12.1 Å². The number of aliphatic carboxylic acids is 1. The lowest BCUT2D eigenvalue weighted by atomic mass is 10.1. The first-order chi connectivity index (χ1) is 8.40. The Bertz CT molecular complexity index is 469. The van der Waals surface area contributed by atoms with Gasteiger partial charge in [0.15, 0.2) is 10.9 Å². The number of carboxylic acid groups (broad SMARTS) is 1. The highest BCUT2D eigenvalue weighted by Gasteiger charge is 2.24. The first-order valence-electron chi connectivity index (χ1n) is 5.09. The number of thioether (sulfide) groups is 1. The van der Waals surface area contributed by atoms with E-state index in [1.807, 2.05) is 0 Å². The van der Waals surface area contributed by atoms with Crippen molar-refractivity contribution in [3.8, 4) is 0 Å². The molecule has 96 valence electrons. The zero-order valence-electron chi connectivity index (χ0n) is 9.55. The molecule has 0 bridgehead atoms. The number of Topliss-reactive ketones (excluding diaryl/α,β-unsaturated/α-hetero) is 1. The zero-order chi connectivity index (χ0) is 13.7. The van der Waals surface area contributed by atoms with Gasteiger partial charge < -0.3 is 5.11 Å². The number of hydrogen-bond donors (Lipinski definition) is 1. The molecule has 0 fully saturated rings. The molecule has 6 heteroatoms. The van der Waals surface area contributed by atoms with E-state index >= 15 is 0 Å². The molecule has 0 saturated carbocycles. The van der Waals surface area contributed by atoms with Gasteiger partial charge in [0.05, 0.1) is 0 Å². The smallest absolute Gasteiger partial charge is 0.317 e. The molecule has 0 aliphatic heterocycles. The monoisotopic (exact) mass is 270 g/mol. The van der Waals surface area contributed by atoms with Gasteiger partial charge in [-0.1, -0.05) is 11.8 Å². The normalized spacial score (nSPS) is 11.9. The van der Waals surface area contributed by atoms with Crippen LogP contribution in [0.15, 0.2) is 24.3 Å². The molecule has 0 radical (unpaired) electrons. The fourth-order valence-electron chi connectivity index (χ4n) is 1.30. The van der Waals surface area contributed by atoms with Gasteiger partial charge in [0.1, 0.15) is 11.1 Å². The van der Waals surface area contributed by atoms with Crippen LogP contribution in [0.1, 0.15) is 23.7 Å². The second-order valence-electron chi connectivity index (χ2n) is 3.57. The minimum Gasteiger partial charge on any atom is -0.480 e. The number of halogens is 1. The summed E-state index contributed by atoms with van der Waals surface area (Å²) in [6.45, 7) is 1.24. The van der Waals surface area contributed by atoms with Gasteiger partial charge >= 0.3 is 5.97 Å². The summed E-state index contributed by atoms with van der Waals surface area (Å²) in [5.41, 5.74) is 0.229. The van der Waals surface area contributed by atoms with E-state index in [4.69, 9.17) is 5.11 Å². The van der Waals surface area contributed by atoms with Crippen LogP contribution in [0.25, 0.3) is 0 Å². The van der Waals surface area contributed by atoms with Crippen LogP contribution in [0.3, 0.4) is 0 Å². The fourth-order valence-corrected chi connectivity index (χ4v) is 2.04. The lowest BCUT2D eigenvalue weighted by Crippen LogP contribution is -2.21. The average molecular weight is 270 g/mol. The third-order valence-corrected chi connectivity index (χ3v) is 3.11. The molecule has 0 aliphatic rings. The molecule has 1 atom stereocenters. The van der Waals surface area contributed by atoms with Crippen molar-refractivity contribution in [2.24, 2.45) is 0 Å². The Morgan fingerprint density at radius 3 is 2.28 bits per heavy atom. The van der Waals surface area contributed by atoms with Crippen LogP contribution in [0.4, 0.5) is 4.39 Å². The van der Waals surface area contributed by atoms with Crippen LogP contribution in [0.5, 0.6) is 0 Å². The van der Waals surface area contributed by atoms with Crippen molar-refractivity contribution in [2.45, 2.75) is 18.6 Å². The van der Waals surface area contributed by atoms with Crippen molar-refractivity contribution in [1.82, 2.24) is 0 Å². The van der Waals surface area contributed by atoms with Gasteiger partial charge in [-0.3, -0.25) is 14.4 Å². The fraction of sp³-hybridized carbons (Fsp3) is 0.250. The number of benzene rings is 1. The summed E-state index contributed by atoms with van der Waals surface area (Å²) < 4.78 is 12.7. The second kappa shape index (κ2) is 6.30. The van der Waals surface area contributed by atoms with Gasteiger partial charge in [0.2, 0.25) is 0 Å². The minimum atomic E-state index is -1.22. The van der Waals surface area contributed by atoms with Gasteiger partial charge in [-0.2, -0.15) is 0 Å². The molecule has 0 saturated heterocycles. The molecular weight excluding hydrogens is 259 g/mol. The Morgan fingerprint density at radius 2 is 1.83 bits per heavy atom. The maximum absolute atomic E-state index is 12.7. The lowest BCUT2D eigenvalue weighted by Gasteiger charge is -2.08. The summed E-state index contributed by atoms with van der Waals surface area (Å²) in [7, 11) is 0. The molecule has 0 heterocycles. The number of rotatable bonds is 5. The molecular formula is C12H11FO4S. The second-order valence-corrected chi connectivity index (χ2v) is 4.95. The Morgan fingerprint density at radius 1 is 1.28 bits per heavy atom. The molecule has 0 spiro atoms. The van der Waals surface area contributed by atoms with E-state index in [1.54, 1.807) is 0 Å². The van der Waals surface area contributed by atoms with Crippen LogP contribution in [0.2, 0.25) is 0 Å². The maximum atomic E-state index is 12.7. The SMILES string of the molecule is CC(=O)SC(CC(=O)c1ccc(F)cc1)C(=O)O. The first-order valence-corrected chi connectivity index (χ1v) is 5.97. The van der Waals surface area contributed by atoms with Gasteiger partial charge in [0, 0.05) is 18.9 Å². The molecule has 0 aliphatic carbocycles. The van der Waals surface area contributed by atoms with Crippen molar-refractivity contribution in [1.29, 1.82) is 0 Å². The molecule has 18 heavy (non-hydrogen) atoms. The quantitative estimate of drug-likeness (QED) is 0.830. The van der Waals surface area contributed by atoms with Gasteiger partial charge in [0.25, 0.3) is 0 Å². The number of hydrogen-bond acceptors (Lipinski definition) is 4. The third-order valence-electron chi connectivity index (χ3n) is 2.12. The summed E-state index contributed by atoms with van der Waals surface area (Å²) in [5, 5.41) is 7.40. The standard InChI is InChI=1S/C12H11FO4S/c1-7(14)18-11(12(16)17)6-10(15)8-2-4-9(13)5-3-8/h2-5,11H,6H2,1H3,(H,16,17). The number of carbonyl (C=O) groups is 3. The van der Waals surface area contributed by atoms with E-state index in [1.165, 1.54) is 19.1 Å². The van der Waals surface area contributed by atoms with E-state index in [2.05, 4.69) is 0 Å². The summed E-state index contributed by atoms with van der Waals surface area (Å²) in [6, 6.07) is 4.83. The lowest BCUT2D eigenvalue weighted by molar-refractivity contribution is -0.136. The summed E-state index contributed by atoms with van der Waals surface area (Å²) >= 11 is 0.600. The Balaban J connectivity index is 2.75. The minimum absolute atomic E-state index is 0.229. The Hall–Kier alpha value is -1.69. The highest BCUT2D eigenvalue weighted by atomic mass is 32.2. The highest BCUT2D eigenvalue weighted by molar-refractivity contribution is 8.14. The zero-order valence-corrected chi connectivity index (χ0v) is 10.4. The summed E-state index contributed by atoms with van der Waals surface area (Å²) in [4.78, 5) is 33.5. The van der Waals surface area contributed by atoms with Crippen molar-refractivity contribution in [2.75, 3.05) is 0 Å². The summed E-state index contributed by atoms with van der Waals surface area (Å²) in [5.74, 6) is -2.12. The molecule has 1 N–H and O–H groups in total. The van der Waals surface area contributed by atoms with Crippen molar-refractivity contribution in [3.05, 3.63) is 35.6 Å².